The standard InChI is InChI=1S/C27H40N2/c1-3-5-6-7-8-9-22-10-12-23(13-11-22)14-15-24-16-18-25(19-17-24)27-21-20-26(4-2)28-29-27/h16-23H,3-15H2,1-2H3. The Morgan fingerprint density at radius 1 is 0.724 bits per heavy atom. The molecule has 0 N–H and O–H groups in total. The lowest BCUT2D eigenvalue weighted by molar-refractivity contribution is 0.248. The summed E-state index contributed by atoms with van der Waals surface area (Å²) in [6.45, 7) is 4.41. The Morgan fingerprint density at radius 2 is 1.41 bits per heavy atom. The summed E-state index contributed by atoms with van der Waals surface area (Å²) >= 11 is 0. The Kier molecular flexibility index (Phi) is 9.18. The van der Waals surface area contributed by atoms with Gasteiger partial charge in [0.1, 0.15) is 0 Å². The maximum atomic E-state index is 4.36. The number of nitrogens with zero attached hydrogens (tertiary/aromatic N) is 2. The monoisotopic (exact) mass is 392 g/mol. The van der Waals surface area contributed by atoms with Crippen LogP contribution in [-0.4, -0.2) is 10.2 Å². The van der Waals surface area contributed by atoms with Gasteiger partial charge < -0.3 is 0 Å². The number of rotatable bonds is 11. The second kappa shape index (κ2) is 12.1. The molecule has 1 saturated carbocycles. The van der Waals surface area contributed by atoms with Crippen molar-refractivity contribution in [3.05, 3.63) is 47.7 Å². The highest BCUT2D eigenvalue weighted by molar-refractivity contribution is 5.58. The van der Waals surface area contributed by atoms with Crippen molar-refractivity contribution in [3.63, 3.8) is 0 Å². The van der Waals surface area contributed by atoms with Crippen molar-refractivity contribution in [2.45, 2.75) is 97.3 Å². The van der Waals surface area contributed by atoms with Gasteiger partial charge >= 0.3 is 0 Å². The fourth-order valence-electron chi connectivity index (χ4n) is 4.76. The van der Waals surface area contributed by atoms with Gasteiger partial charge in [0, 0.05) is 5.56 Å². The van der Waals surface area contributed by atoms with Crippen LogP contribution in [0.2, 0.25) is 0 Å². The second-order valence-corrected chi connectivity index (χ2v) is 9.09. The Hall–Kier alpha value is -1.70. The lowest BCUT2D eigenvalue weighted by Crippen LogP contribution is -2.15. The van der Waals surface area contributed by atoms with Crippen LogP contribution in [0.5, 0.6) is 0 Å². The average molecular weight is 393 g/mol. The first-order valence-electron chi connectivity index (χ1n) is 12.2. The van der Waals surface area contributed by atoms with Crippen LogP contribution in [0.4, 0.5) is 0 Å². The molecule has 0 saturated heterocycles. The van der Waals surface area contributed by atoms with E-state index in [0.29, 0.717) is 0 Å². The van der Waals surface area contributed by atoms with Gasteiger partial charge in [-0.3, -0.25) is 0 Å². The molecule has 29 heavy (non-hydrogen) atoms. The fourth-order valence-corrected chi connectivity index (χ4v) is 4.76. The van der Waals surface area contributed by atoms with Gasteiger partial charge in [0.05, 0.1) is 11.4 Å². The summed E-state index contributed by atoms with van der Waals surface area (Å²) in [5.74, 6) is 1.96. The molecule has 3 rings (SSSR count). The minimum Gasteiger partial charge on any atom is -0.155 e. The van der Waals surface area contributed by atoms with Crippen molar-refractivity contribution in [2.75, 3.05) is 0 Å². The third-order valence-corrected chi connectivity index (χ3v) is 6.86. The zero-order valence-corrected chi connectivity index (χ0v) is 18.7. The van der Waals surface area contributed by atoms with Gasteiger partial charge in [-0.05, 0) is 48.8 Å². The van der Waals surface area contributed by atoms with E-state index >= 15 is 0 Å². The van der Waals surface area contributed by atoms with Gasteiger partial charge in [0.25, 0.3) is 0 Å². The lowest BCUT2D eigenvalue weighted by atomic mass is 9.77. The van der Waals surface area contributed by atoms with Crippen LogP contribution in [-0.2, 0) is 12.8 Å². The topological polar surface area (TPSA) is 25.8 Å². The third kappa shape index (κ3) is 7.24. The van der Waals surface area contributed by atoms with E-state index in [-0.39, 0.29) is 0 Å². The molecule has 0 aliphatic heterocycles. The molecule has 0 radical (unpaired) electrons. The predicted octanol–water partition coefficient (Wildman–Crippen LogP) is 7.81. The molecular weight excluding hydrogens is 352 g/mol. The van der Waals surface area contributed by atoms with Crippen LogP contribution in [0.25, 0.3) is 11.3 Å². The Balaban J connectivity index is 1.36. The van der Waals surface area contributed by atoms with Crippen LogP contribution in [0, 0.1) is 11.8 Å². The lowest BCUT2D eigenvalue weighted by Gasteiger charge is -2.28. The highest BCUT2D eigenvalue weighted by atomic mass is 15.1. The van der Waals surface area contributed by atoms with Crippen molar-refractivity contribution in [1.82, 2.24) is 10.2 Å². The quantitative estimate of drug-likeness (QED) is 0.364. The molecular formula is C27H40N2. The summed E-state index contributed by atoms with van der Waals surface area (Å²) in [4.78, 5) is 0. The maximum Gasteiger partial charge on any atom is 0.0929 e. The molecule has 0 bridgehead atoms. The van der Waals surface area contributed by atoms with E-state index < -0.39 is 0 Å². The highest BCUT2D eigenvalue weighted by Gasteiger charge is 2.20. The van der Waals surface area contributed by atoms with E-state index in [2.05, 4.69) is 60.4 Å². The number of benzene rings is 1. The van der Waals surface area contributed by atoms with E-state index in [0.717, 1.165) is 29.6 Å². The molecule has 158 valence electrons. The van der Waals surface area contributed by atoms with E-state index in [9.17, 15) is 0 Å². The third-order valence-electron chi connectivity index (χ3n) is 6.86. The highest BCUT2D eigenvalue weighted by Crippen LogP contribution is 2.34. The fraction of sp³-hybridized carbons (Fsp3) is 0.630. The van der Waals surface area contributed by atoms with Crippen LogP contribution < -0.4 is 0 Å². The molecule has 2 aromatic rings. The first kappa shape index (κ1) is 22.0. The summed E-state index contributed by atoms with van der Waals surface area (Å²) in [6, 6.07) is 13.2. The van der Waals surface area contributed by atoms with Crippen LogP contribution >= 0.6 is 0 Å². The van der Waals surface area contributed by atoms with E-state index in [1.807, 2.05) is 0 Å². The smallest absolute Gasteiger partial charge is 0.0929 e. The zero-order valence-electron chi connectivity index (χ0n) is 18.7. The van der Waals surface area contributed by atoms with Gasteiger partial charge in [0.2, 0.25) is 0 Å². The van der Waals surface area contributed by atoms with E-state index in [4.69, 9.17) is 0 Å². The van der Waals surface area contributed by atoms with Gasteiger partial charge in [0.15, 0.2) is 0 Å². The molecule has 0 spiro atoms. The van der Waals surface area contributed by atoms with Crippen molar-refractivity contribution >= 4 is 0 Å². The van der Waals surface area contributed by atoms with Crippen molar-refractivity contribution in [3.8, 4) is 11.3 Å². The van der Waals surface area contributed by atoms with Crippen molar-refractivity contribution in [2.24, 2.45) is 11.8 Å². The second-order valence-electron chi connectivity index (χ2n) is 9.09. The molecule has 1 heterocycles. The minimum absolute atomic E-state index is 0.938. The summed E-state index contributed by atoms with van der Waals surface area (Å²) in [6.07, 6.45) is 18.0. The number of aromatic nitrogens is 2. The molecule has 1 aliphatic carbocycles. The maximum absolute atomic E-state index is 4.36. The van der Waals surface area contributed by atoms with Crippen LogP contribution in [0.15, 0.2) is 36.4 Å². The van der Waals surface area contributed by atoms with Crippen molar-refractivity contribution < 1.29 is 0 Å². The van der Waals surface area contributed by atoms with Gasteiger partial charge in [-0.15, -0.1) is 0 Å². The van der Waals surface area contributed by atoms with E-state index in [1.54, 1.807) is 0 Å². The van der Waals surface area contributed by atoms with Crippen LogP contribution in [0.3, 0.4) is 0 Å². The number of hydrogen-bond acceptors (Lipinski definition) is 2. The predicted molar refractivity (Wildman–Crippen MR) is 124 cm³/mol. The molecule has 0 amide bonds. The molecule has 0 atom stereocenters. The zero-order chi connectivity index (χ0) is 20.3. The van der Waals surface area contributed by atoms with Gasteiger partial charge in [-0.2, -0.15) is 10.2 Å². The van der Waals surface area contributed by atoms with E-state index in [1.165, 1.54) is 88.2 Å². The minimum atomic E-state index is 0.938. The first-order chi connectivity index (χ1) is 14.3. The first-order valence-corrected chi connectivity index (χ1v) is 12.2. The number of aryl methyl sites for hydroxylation is 2. The summed E-state index contributed by atoms with van der Waals surface area (Å²) in [7, 11) is 0. The largest absolute Gasteiger partial charge is 0.155 e. The normalized spacial score (nSPS) is 19.4. The molecule has 2 heteroatoms. The number of hydrogen-bond donors (Lipinski definition) is 0. The molecule has 1 aromatic carbocycles. The average Bonchev–Trinajstić information content (AvgIpc) is 2.79. The molecule has 0 unspecified atom stereocenters. The summed E-state index contributed by atoms with van der Waals surface area (Å²) in [5, 5.41) is 8.64. The summed E-state index contributed by atoms with van der Waals surface area (Å²) in [5.41, 5.74) is 4.66. The Morgan fingerprint density at radius 3 is 2.03 bits per heavy atom. The Bertz CT molecular complexity index is 681. The Labute approximate surface area is 178 Å². The number of unbranched alkanes of at least 4 members (excludes halogenated alkanes) is 4. The van der Waals surface area contributed by atoms with Gasteiger partial charge in [-0.1, -0.05) is 102 Å². The molecule has 1 aromatic heterocycles. The van der Waals surface area contributed by atoms with Crippen LogP contribution in [0.1, 0.15) is 95.7 Å². The molecule has 1 fully saturated rings. The molecule has 1 aliphatic rings. The SMILES string of the molecule is CCCCCCCC1CCC(CCc2ccc(-c3ccc(CC)nn3)cc2)CC1. The van der Waals surface area contributed by atoms with Crippen molar-refractivity contribution in [1.29, 1.82) is 0 Å². The molecule has 2 nitrogen and oxygen atoms in total. The van der Waals surface area contributed by atoms with Gasteiger partial charge in [-0.25, -0.2) is 0 Å². The summed E-state index contributed by atoms with van der Waals surface area (Å²) < 4.78 is 0.